The van der Waals surface area contributed by atoms with E-state index in [1.165, 1.54) is 25.1 Å². The Bertz CT molecular complexity index is 1360. The van der Waals surface area contributed by atoms with Crippen molar-refractivity contribution in [1.29, 1.82) is 0 Å². The average molecular weight is 551 g/mol. The van der Waals surface area contributed by atoms with Gasteiger partial charge in [-0.15, -0.1) is 0 Å². The van der Waals surface area contributed by atoms with Crippen molar-refractivity contribution in [2.45, 2.75) is 38.5 Å². The molecule has 3 N–H and O–H groups in total. The summed E-state index contributed by atoms with van der Waals surface area (Å²) in [5.74, 6) is -3.94. The molecule has 1 saturated carbocycles. The van der Waals surface area contributed by atoms with Crippen LogP contribution in [0.5, 0.6) is 11.5 Å². The second kappa shape index (κ2) is 11.7. The molecule has 0 saturated heterocycles. The lowest BCUT2D eigenvalue weighted by molar-refractivity contribution is -0.143. The van der Waals surface area contributed by atoms with Gasteiger partial charge in [-0.3, -0.25) is 4.79 Å². The molecule has 4 rings (SSSR count). The first-order chi connectivity index (χ1) is 18.6. The van der Waals surface area contributed by atoms with Crippen molar-refractivity contribution in [2.75, 3.05) is 13.7 Å². The lowest BCUT2D eigenvalue weighted by Crippen LogP contribution is -2.36. The van der Waals surface area contributed by atoms with E-state index in [0.29, 0.717) is 18.6 Å². The molecule has 0 unspecified atom stereocenters. The van der Waals surface area contributed by atoms with Crippen LogP contribution in [0.1, 0.15) is 53.7 Å². The predicted molar refractivity (Wildman–Crippen MR) is 128 cm³/mol. The van der Waals surface area contributed by atoms with Crippen molar-refractivity contribution in [3.05, 3.63) is 65.1 Å². The molecule has 1 fully saturated rings. The highest BCUT2D eigenvalue weighted by Gasteiger charge is 2.31. The Labute approximate surface area is 220 Å². The smallest absolute Gasteiger partial charge is 0.387 e. The van der Waals surface area contributed by atoms with E-state index in [0.717, 1.165) is 32.1 Å². The fraction of sp³-hybridized carbons (Fsp3) is 0.346. The van der Waals surface area contributed by atoms with Crippen LogP contribution in [0, 0.1) is 17.6 Å². The number of nitrogens with two attached hydrogens (primary N) is 1. The zero-order chi connectivity index (χ0) is 28.3. The summed E-state index contributed by atoms with van der Waals surface area (Å²) in [7, 11) is 1.04. The lowest BCUT2D eigenvalue weighted by atomic mass is 10.1. The number of nitrogens with one attached hydrogen (secondary N) is 1. The molecule has 3 aromatic rings. The molecular weight excluding hydrogens is 526 g/mol. The number of hydrogen-bond donors (Lipinski definition) is 2. The number of carbonyl (C=O) groups is 2. The minimum absolute atomic E-state index is 0.0313. The van der Waals surface area contributed by atoms with E-state index in [4.69, 9.17) is 14.9 Å². The third-order valence-electron chi connectivity index (χ3n) is 5.85. The number of methoxy groups -OCH3 is 1. The maximum atomic E-state index is 14.4. The highest BCUT2D eigenvalue weighted by atomic mass is 19.3. The fourth-order valence-corrected chi connectivity index (χ4v) is 3.68. The second-order valence-corrected chi connectivity index (χ2v) is 8.91. The van der Waals surface area contributed by atoms with Crippen LogP contribution >= 0.6 is 0 Å². The Kier molecular flexibility index (Phi) is 8.38. The van der Waals surface area contributed by atoms with Gasteiger partial charge in [0.15, 0.2) is 29.0 Å². The molecule has 13 heteroatoms. The quantitative estimate of drug-likeness (QED) is 0.260. The van der Waals surface area contributed by atoms with Crippen LogP contribution in [0.3, 0.4) is 0 Å². The summed E-state index contributed by atoms with van der Waals surface area (Å²) in [5, 5.41) is 2.32. The van der Waals surface area contributed by atoms with Gasteiger partial charge < -0.3 is 29.7 Å². The van der Waals surface area contributed by atoms with Gasteiger partial charge in [-0.05, 0) is 49.9 Å². The van der Waals surface area contributed by atoms with Gasteiger partial charge in [0.25, 0.3) is 5.91 Å². The molecule has 2 aromatic carbocycles. The maximum Gasteiger partial charge on any atom is 0.387 e. The number of alkyl halides is 2. The zero-order valence-electron chi connectivity index (χ0n) is 20.9. The molecule has 1 aliphatic rings. The lowest BCUT2D eigenvalue weighted by Gasteiger charge is -2.17. The Balaban J connectivity index is 1.66. The number of nitrogens with zero attached hydrogens (tertiary/aromatic N) is 1. The number of halogens is 4. The summed E-state index contributed by atoms with van der Waals surface area (Å²) in [4.78, 5) is 29.8. The normalized spacial score (nSPS) is 14.6. The first kappa shape index (κ1) is 27.9. The van der Waals surface area contributed by atoms with Gasteiger partial charge in [0.2, 0.25) is 5.89 Å². The number of aromatic nitrogens is 1. The standard InChI is InChI=1S/C26H25F4N3O6/c1-12(31)22-21(23(34)32-20(25(35)36-2)16-7-6-15(27)10-17(16)28)33-24(39-22)14-5-8-18(38-26(29)30)19(9-14)37-11-13-3-4-13/h5-10,12-13,20,26H,3-4,11,31H2,1-2H3,(H,32,34)/t12-,20+/m0/s1. The molecule has 0 aliphatic heterocycles. The van der Waals surface area contributed by atoms with Crippen molar-refractivity contribution in [3.8, 4) is 23.0 Å². The summed E-state index contributed by atoms with van der Waals surface area (Å²) in [6.45, 7) is -1.25. The summed E-state index contributed by atoms with van der Waals surface area (Å²) in [6.07, 6.45) is 1.93. The van der Waals surface area contributed by atoms with E-state index in [2.05, 4.69) is 19.8 Å². The molecule has 1 aromatic heterocycles. The molecule has 0 bridgehead atoms. The fourth-order valence-electron chi connectivity index (χ4n) is 3.68. The summed E-state index contributed by atoms with van der Waals surface area (Å²) < 4.78 is 74.2. The number of amides is 1. The number of esters is 1. The third-order valence-corrected chi connectivity index (χ3v) is 5.85. The number of hydrogen-bond acceptors (Lipinski definition) is 8. The number of rotatable bonds is 11. The average Bonchev–Trinajstić information content (AvgIpc) is 3.61. The third kappa shape index (κ3) is 6.66. The number of benzene rings is 2. The van der Waals surface area contributed by atoms with E-state index in [9.17, 15) is 27.2 Å². The van der Waals surface area contributed by atoms with E-state index in [-0.39, 0.29) is 40.0 Å². The number of ether oxygens (including phenoxy) is 3. The Morgan fingerprint density at radius 3 is 2.51 bits per heavy atom. The van der Waals surface area contributed by atoms with Gasteiger partial charge in [0, 0.05) is 17.2 Å². The van der Waals surface area contributed by atoms with E-state index >= 15 is 0 Å². The van der Waals surface area contributed by atoms with Gasteiger partial charge in [0.1, 0.15) is 11.6 Å². The molecule has 0 spiro atoms. The molecular formula is C26H25F4N3O6. The van der Waals surface area contributed by atoms with Crippen molar-refractivity contribution in [3.63, 3.8) is 0 Å². The molecule has 1 heterocycles. The first-order valence-electron chi connectivity index (χ1n) is 11.9. The molecule has 1 amide bonds. The van der Waals surface area contributed by atoms with Crippen molar-refractivity contribution >= 4 is 11.9 Å². The SMILES string of the molecule is COC(=O)[C@H](NC(=O)c1nc(-c2ccc(OC(F)F)c(OCC3CC3)c2)oc1[C@H](C)N)c1ccc(F)cc1F. The van der Waals surface area contributed by atoms with Crippen LogP contribution in [0.25, 0.3) is 11.5 Å². The van der Waals surface area contributed by atoms with Crippen LogP contribution in [-0.2, 0) is 9.53 Å². The first-order valence-corrected chi connectivity index (χ1v) is 11.9. The zero-order valence-corrected chi connectivity index (χ0v) is 20.9. The second-order valence-electron chi connectivity index (χ2n) is 8.91. The van der Waals surface area contributed by atoms with Crippen molar-refractivity contribution < 1.29 is 45.8 Å². The largest absolute Gasteiger partial charge is 0.489 e. The Morgan fingerprint density at radius 1 is 1.15 bits per heavy atom. The molecule has 9 nitrogen and oxygen atoms in total. The van der Waals surface area contributed by atoms with Crippen LogP contribution in [0.2, 0.25) is 0 Å². The summed E-state index contributed by atoms with van der Waals surface area (Å²) in [6, 6.07) is 4.00. The summed E-state index contributed by atoms with van der Waals surface area (Å²) in [5.41, 5.74) is 5.58. The van der Waals surface area contributed by atoms with Crippen LogP contribution in [0.15, 0.2) is 40.8 Å². The van der Waals surface area contributed by atoms with Crippen molar-refractivity contribution in [2.24, 2.45) is 11.7 Å². The molecule has 208 valence electrons. The van der Waals surface area contributed by atoms with Crippen LogP contribution in [0.4, 0.5) is 17.6 Å². The van der Waals surface area contributed by atoms with E-state index in [1.54, 1.807) is 0 Å². The maximum absolute atomic E-state index is 14.4. The summed E-state index contributed by atoms with van der Waals surface area (Å²) >= 11 is 0. The highest BCUT2D eigenvalue weighted by molar-refractivity contribution is 5.97. The van der Waals surface area contributed by atoms with Gasteiger partial charge in [0.05, 0.1) is 19.8 Å². The molecule has 0 radical (unpaired) electrons. The Hall–Kier alpha value is -4.13. The Morgan fingerprint density at radius 2 is 1.90 bits per heavy atom. The van der Waals surface area contributed by atoms with Gasteiger partial charge in [-0.1, -0.05) is 6.07 Å². The molecule has 39 heavy (non-hydrogen) atoms. The molecule has 1 aliphatic carbocycles. The monoisotopic (exact) mass is 551 g/mol. The minimum Gasteiger partial charge on any atom is -0.489 e. The van der Waals surface area contributed by atoms with Crippen LogP contribution < -0.4 is 20.5 Å². The number of oxazole rings is 1. The molecule has 2 atom stereocenters. The topological polar surface area (TPSA) is 126 Å². The number of carbonyl (C=O) groups excluding carboxylic acids is 2. The van der Waals surface area contributed by atoms with Crippen LogP contribution in [-0.4, -0.2) is 37.2 Å². The van der Waals surface area contributed by atoms with Crippen molar-refractivity contribution in [1.82, 2.24) is 10.3 Å². The van der Waals surface area contributed by atoms with E-state index in [1.807, 2.05) is 0 Å². The van der Waals surface area contributed by atoms with E-state index < -0.39 is 42.2 Å². The minimum atomic E-state index is -3.07. The van der Waals surface area contributed by atoms with Gasteiger partial charge in [-0.25, -0.2) is 18.6 Å². The van der Waals surface area contributed by atoms with Gasteiger partial charge in [-0.2, -0.15) is 8.78 Å². The predicted octanol–water partition coefficient (Wildman–Crippen LogP) is 4.67. The van der Waals surface area contributed by atoms with Gasteiger partial charge >= 0.3 is 12.6 Å². The highest BCUT2D eigenvalue weighted by Crippen LogP contribution is 2.37.